The molecule has 2 rings (SSSR count). The largest absolute Gasteiger partial charge is 0.365 e. The van der Waals surface area contributed by atoms with E-state index in [2.05, 4.69) is 24.1 Å². The molecule has 0 atom stereocenters. The Balaban J connectivity index is 2.14. The second-order valence-corrected chi connectivity index (χ2v) is 6.38. The van der Waals surface area contributed by atoms with Crippen LogP contribution in [0.2, 0.25) is 0 Å². The standard InChI is InChI=1S/C17H22N2OS/c1-5-13-9-10-18-17(13)14(6-2)19(4)11-15(20)16-8-7-12(3)21-16/h6-10,18H,5,11H2,1-4H3/b14-6+. The van der Waals surface area contributed by atoms with Gasteiger partial charge < -0.3 is 9.88 Å². The van der Waals surface area contributed by atoms with Crippen LogP contribution in [-0.2, 0) is 6.42 Å². The molecule has 0 aromatic carbocycles. The second-order valence-electron chi connectivity index (χ2n) is 5.09. The number of hydrogen-bond acceptors (Lipinski definition) is 3. The topological polar surface area (TPSA) is 36.1 Å². The highest BCUT2D eigenvalue weighted by Gasteiger charge is 2.16. The van der Waals surface area contributed by atoms with Gasteiger partial charge in [0, 0.05) is 18.1 Å². The Morgan fingerprint density at radius 3 is 2.71 bits per heavy atom. The van der Waals surface area contributed by atoms with Crippen LogP contribution in [0.15, 0.2) is 30.5 Å². The van der Waals surface area contributed by atoms with Gasteiger partial charge in [-0.3, -0.25) is 4.79 Å². The van der Waals surface area contributed by atoms with Crippen molar-refractivity contribution in [2.75, 3.05) is 13.6 Å². The van der Waals surface area contributed by atoms with E-state index >= 15 is 0 Å². The first-order valence-corrected chi connectivity index (χ1v) is 8.02. The number of aromatic amines is 1. The SMILES string of the molecule is C/C=C(\c1[nH]ccc1CC)N(C)CC(=O)c1ccc(C)s1. The Labute approximate surface area is 130 Å². The molecule has 0 aliphatic carbocycles. The van der Waals surface area contributed by atoms with E-state index in [1.807, 2.05) is 44.1 Å². The predicted molar refractivity (Wildman–Crippen MR) is 89.8 cm³/mol. The van der Waals surface area contributed by atoms with Crippen molar-refractivity contribution in [3.63, 3.8) is 0 Å². The number of ketones is 1. The molecule has 2 aromatic rings. The Bertz CT molecular complexity index is 651. The summed E-state index contributed by atoms with van der Waals surface area (Å²) in [6.45, 7) is 6.56. The van der Waals surface area contributed by atoms with Crippen molar-refractivity contribution in [3.05, 3.63) is 51.5 Å². The van der Waals surface area contributed by atoms with E-state index in [-0.39, 0.29) is 5.78 Å². The summed E-state index contributed by atoms with van der Waals surface area (Å²) in [6, 6.07) is 6.00. The fourth-order valence-electron chi connectivity index (χ4n) is 2.45. The number of carbonyl (C=O) groups is 1. The highest BCUT2D eigenvalue weighted by Crippen LogP contribution is 2.22. The monoisotopic (exact) mass is 302 g/mol. The summed E-state index contributed by atoms with van der Waals surface area (Å²) in [4.78, 5) is 19.6. The minimum absolute atomic E-state index is 0.166. The lowest BCUT2D eigenvalue weighted by Gasteiger charge is -2.22. The van der Waals surface area contributed by atoms with Gasteiger partial charge in [0.2, 0.25) is 0 Å². The number of allylic oxidation sites excluding steroid dienone is 1. The van der Waals surface area contributed by atoms with Crippen LogP contribution in [0, 0.1) is 6.92 Å². The number of H-pyrrole nitrogens is 1. The summed E-state index contributed by atoms with van der Waals surface area (Å²) >= 11 is 1.56. The number of Topliss-reactive ketones (excluding diaryl/α,β-unsaturated/α-hetero) is 1. The highest BCUT2D eigenvalue weighted by atomic mass is 32.1. The average molecular weight is 302 g/mol. The molecule has 0 saturated carbocycles. The molecule has 1 N–H and O–H groups in total. The number of aromatic nitrogens is 1. The first-order valence-electron chi connectivity index (χ1n) is 7.20. The number of nitrogens with one attached hydrogen (secondary N) is 1. The van der Waals surface area contributed by atoms with Gasteiger partial charge in [-0.1, -0.05) is 13.0 Å². The Morgan fingerprint density at radius 2 is 2.14 bits per heavy atom. The van der Waals surface area contributed by atoms with Crippen LogP contribution in [0.5, 0.6) is 0 Å². The molecule has 0 unspecified atom stereocenters. The molecule has 2 heterocycles. The van der Waals surface area contributed by atoms with Crippen LogP contribution in [0.4, 0.5) is 0 Å². The van der Waals surface area contributed by atoms with E-state index in [1.54, 1.807) is 11.3 Å². The number of carbonyl (C=O) groups excluding carboxylic acids is 1. The van der Waals surface area contributed by atoms with Crippen LogP contribution in [0.3, 0.4) is 0 Å². The van der Waals surface area contributed by atoms with Gasteiger partial charge >= 0.3 is 0 Å². The number of hydrogen-bond donors (Lipinski definition) is 1. The predicted octanol–water partition coefficient (Wildman–Crippen LogP) is 4.12. The molecular weight excluding hydrogens is 280 g/mol. The lowest BCUT2D eigenvalue weighted by molar-refractivity contribution is 0.0971. The van der Waals surface area contributed by atoms with Gasteiger partial charge in [-0.05, 0) is 44.0 Å². The molecule has 0 saturated heterocycles. The van der Waals surface area contributed by atoms with Crippen molar-refractivity contribution in [1.82, 2.24) is 9.88 Å². The molecule has 21 heavy (non-hydrogen) atoms. The average Bonchev–Trinajstić information content (AvgIpc) is 3.08. The van der Waals surface area contributed by atoms with Crippen LogP contribution in [-0.4, -0.2) is 29.3 Å². The molecule has 0 aliphatic heterocycles. The molecule has 0 amide bonds. The molecule has 0 fully saturated rings. The number of aryl methyl sites for hydroxylation is 2. The quantitative estimate of drug-likeness (QED) is 0.815. The van der Waals surface area contributed by atoms with Gasteiger partial charge in [0.1, 0.15) is 0 Å². The van der Waals surface area contributed by atoms with Gasteiger partial charge in [0.15, 0.2) is 5.78 Å². The van der Waals surface area contributed by atoms with Crippen LogP contribution < -0.4 is 0 Å². The zero-order valence-electron chi connectivity index (χ0n) is 13.1. The molecule has 0 bridgehead atoms. The van der Waals surface area contributed by atoms with Gasteiger partial charge in [0.25, 0.3) is 0 Å². The molecule has 112 valence electrons. The third-order valence-corrected chi connectivity index (χ3v) is 4.59. The lowest BCUT2D eigenvalue weighted by atomic mass is 10.1. The molecule has 0 radical (unpaired) electrons. The first-order chi connectivity index (χ1) is 10.1. The van der Waals surface area contributed by atoms with E-state index < -0.39 is 0 Å². The lowest BCUT2D eigenvalue weighted by Crippen LogP contribution is -2.25. The summed E-state index contributed by atoms with van der Waals surface area (Å²) in [7, 11) is 1.97. The van der Waals surface area contributed by atoms with E-state index in [0.29, 0.717) is 6.54 Å². The normalized spacial score (nSPS) is 11.7. The van der Waals surface area contributed by atoms with E-state index in [0.717, 1.165) is 22.7 Å². The fourth-order valence-corrected chi connectivity index (χ4v) is 3.25. The van der Waals surface area contributed by atoms with Crippen molar-refractivity contribution < 1.29 is 4.79 Å². The maximum absolute atomic E-state index is 12.3. The minimum Gasteiger partial charge on any atom is -0.365 e. The maximum Gasteiger partial charge on any atom is 0.191 e. The number of thiophene rings is 1. The molecule has 0 spiro atoms. The molecular formula is C17H22N2OS. The minimum atomic E-state index is 0.166. The zero-order chi connectivity index (χ0) is 15.4. The van der Waals surface area contributed by atoms with Crippen LogP contribution in [0.25, 0.3) is 5.70 Å². The summed E-state index contributed by atoms with van der Waals surface area (Å²) < 4.78 is 0. The van der Waals surface area contributed by atoms with Crippen molar-refractivity contribution >= 4 is 22.8 Å². The maximum atomic E-state index is 12.3. The summed E-state index contributed by atoms with van der Waals surface area (Å²) in [5.41, 5.74) is 3.45. The Morgan fingerprint density at radius 1 is 1.38 bits per heavy atom. The van der Waals surface area contributed by atoms with Gasteiger partial charge in [-0.2, -0.15) is 0 Å². The van der Waals surface area contributed by atoms with Crippen molar-refractivity contribution in [3.8, 4) is 0 Å². The van der Waals surface area contributed by atoms with Gasteiger partial charge in [-0.25, -0.2) is 0 Å². The second kappa shape index (κ2) is 6.76. The third kappa shape index (κ3) is 3.45. The van der Waals surface area contributed by atoms with Crippen molar-refractivity contribution in [2.45, 2.75) is 27.2 Å². The van der Waals surface area contributed by atoms with E-state index in [4.69, 9.17) is 0 Å². The van der Waals surface area contributed by atoms with E-state index in [9.17, 15) is 4.79 Å². The van der Waals surface area contributed by atoms with Gasteiger partial charge in [0.05, 0.1) is 22.8 Å². The van der Waals surface area contributed by atoms with E-state index in [1.165, 1.54) is 10.4 Å². The number of nitrogens with zero attached hydrogens (tertiary/aromatic N) is 1. The highest BCUT2D eigenvalue weighted by molar-refractivity contribution is 7.14. The van der Waals surface area contributed by atoms with Crippen LogP contribution in [0.1, 0.15) is 39.7 Å². The Kier molecular flexibility index (Phi) is 5.02. The zero-order valence-corrected chi connectivity index (χ0v) is 13.9. The Hall–Kier alpha value is -1.81. The number of likely N-dealkylation sites (N-methyl/N-ethyl adjacent to an activating group) is 1. The summed E-state index contributed by atoms with van der Waals surface area (Å²) in [6.07, 6.45) is 4.98. The smallest absolute Gasteiger partial charge is 0.191 e. The third-order valence-electron chi connectivity index (χ3n) is 3.55. The molecule has 2 aromatic heterocycles. The molecule has 4 heteroatoms. The number of rotatable bonds is 6. The summed E-state index contributed by atoms with van der Waals surface area (Å²) in [5, 5.41) is 0. The van der Waals surface area contributed by atoms with Crippen molar-refractivity contribution in [2.24, 2.45) is 0 Å². The van der Waals surface area contributed by atoms with Gasteiger partial charge in [-0.15, -0.1) is 11.3 Å². The first kappa shape index (κ1) is 15.6. The van der Waals surface area contributed by atoms with Crippen molar-refractivity contribution in [1.29, 1.82) is 0 Å². The molecule has 0 aliphatic rings. The fraction of sp³-hybridized carbons (Fsp3) is 0.353. The molecule has 3 nitrogen and oxygen atoms in total. The van der Waals surface area contributed by atoms with Crippen LogP contribution >= 0.6 is 11.3 Å². The summed E-state index contributed by atoms with van der Waals surface area (Å²) in [5.74, 6) is 0.166.